The van der Waals surface area contributed by atoms with Crippen molar-refractivity contribution in [3.8, 4) is 23.0 Å². The first kappa shape index (κ1) is 20.0. The van der Waals surface area contributed by atoms with E-state index in [2.05, 4.69) is 10.5 Å². The maximum atomic E-state index is 12.3. The van der Waals surface area contributed by atoms with Crippen LogP contribution < -0.4 is 29.3 Å². The van der Waals surface area contributed by atoms with E-state index in [9.17, 15) is 9.59 Å². The first-order chi connectivity index (χ1) is 14.1. The molecule has 2 aromatic rings. The number of methoxy groups -OCH3 is 3. The Labute approximate surface area is 167 Å². The van der Waals surface area contributed by atoms with Gasteiger partial charge in [0.25, 0.3) is 11.8 Å². The lowest BCUT2D eigenvalue weighted by molar-refractivity contribution is -0.125. The van der Waals surface area contributed by atoms with Crippen LogP contribution in [0.1, 0.15) is 5.56 Å². The van der Waals surface area contributed by atoms with E-state index in [0.717, 1.165) is 0 Å². The lowest BCUT2D eigenvalue weighted by Crippen LogP contribution is -2.44. The Morgan fingerprint density at radius 2 is 1.86 bits per heavy atom. The number of nitrogens with one attached hydrogen (secondary N) is 1. The van der Waals surface area contributed by atoms with Gasteiger partial charge in [0.15, 0.2) is 18.1 Å². The molecule has 0 aromatic heterocycles. The molecule has 0 atom stereocenters. The molecule has 1 heterocycles. The van der Waals surface area contributed by atoms with Gasteiger partial charge in [-0.1, -0.05) is 12.1 Å². The zero-order valence-corrected chi connectivity index (χ0v) is 16.3. The molecule has 0 saturated carbocycles. The van der Waals surface area contributed by atoms with Crippen LogP contribution in [0.25, 0.3) is 0 Å². The lowest BCUT2D eigenvalue weighted by Gasteiger charge is -2.28. The van der Waals surface area contributed by atoms with Gasteiger partial charge in [0, 0.05) is 5.56 Å². The second-order valence-corrected chi connectivity index (χ2v) is 5.99. The van der Waals surface area contributed by atoms with Gasteiger partial charge in [0.05, 0.1) is 33.2 Å². The molecular formula is C20H21N3O6. The van der Waals surface area contributed by atoms with Crippen molar-refractivity contribution in [2.24, 2.45) is 5.10 Å². The van der Waals surface area contributed by atoms with Crippen molar-refractivity contribution in [1.82, 2.24) is 5.43 Å². The Kier molecular flexibility index (Phi) is 6.18. The predicted molar refractivity (Wildman–Crippen MR) is 106 cm³/mol. The Hall–Kier alpha value is -3.75. The molecule has 0 fully saturated rings. The lowest BCUT2D eigenvalue weighted by atomic mass is 10.2. The van der Waals surface area contributed by atoms with Crippen molar-refractivity contribution >= 4 is 23.7 Å². The monoisotopic (exact) mass is 399 g/mol. The molecule has 29 heavy (non-hydrogen) atoms. The normalized spacial score (nSPS) is 12.9. The standard InChI is InChI=1S/C20H21N3O6/c1-26-16-8-13(9-17(27-2)20(16)28-3)10-21-22-18(24)11-23-14-6-4-5-7-15(14)29-12-19(23)25/h4-10H,11-12H2,1-3H3,(H,22,24)/b21-10-. The molecule has 1 N–H and O–H groups in total. The summed E-state index contributed by atoms with van der Waals surface area (Å²) in [5.41, 5.74) is 3.60. The average Bonchev–Trinajstić information content (AvgIpc) is 2.75. The van der Waals surface area contributed by atoms with Crippen LogP contribution in [0, 0.1) is 0 Å². The number of fused-ring (bicyclic) bond motifs is 1. The smallest absolute Gasteiger partial charge is 0.265 e. The van der Waals surface area contributed by atoms with E-state index in [1.54, 1.807) is 36.4 Å². The van der Waals surface area contributed by atoms with Crippen molar-refractivity contribution < 1.29 is 28.5 Å². The minimum absolute atomic E-state index is 0.112. The molecule has 3 rings (SSSR count). The zero-order chi connectivity index (χ0) is 20.8. The Morgan fingerprint density at radius 3 is 2.52 bits per heavy atom. The third-order valence-electron chi connectivity index (χ3n) is 4.20. The summed E-state index contributed by atoms with van der Waals surface area (Å²) >= 11 is 0. The van der Waals surface area contributed by atoms with Crippen molar-refractivity contribution in [2.45, 2.75) is 0 Å². The molecule has 2 aromatic carbocycles. The molecule has 0 saturated heterocycles. The van der Waals surface area contributed by atoms with Crippen LogP contribution in [0.5, 0.6) is 23.0 Å². The summed E-state index contributed by atoms with van der Waals surface area (Å²) in [4.78, 5) is 25.8. The van der Waals surface area contributed by atoms with Crippen LogP contribution in [0.4, 0.5) is 5.69 Å². The van der Waals surface area contributed by atoms with Gasteiger partial charge in [0.2, 0.25) is 5.75 Å². The topological polar surface area (TPSA) is 98.7 Å². The Bertz CT molecular complexity index is 919. The Morgan fingerprint density at radius 1 is 1.17 bits per heavy atom. The van der Waals surface area contributed by atoms with E-state index in [0.29, 0.717) is 34.2 Å². The van der Waals surface area contributed by atoms with Gasteiger partial charge in [-0.2, -0.15) is 5.10 Å². The average molecular weight is 399 g/mol. The molecule has 1 aliphatic heterocycles. The van der Waals surface area contributed by atoms with E-state index in [-0.39, 0.29) is 19.1 Å². The van der Waals surface area contributed by atoms with Crippen molar-refractivity contribution in [2.75, 3.05) is 39.4 Å². The highest BCUT2D eigenvalue weighted by Gasteiger charge is 2.26. The zero-order valence-electron chi connectivity index (χ0n) is 16.3. The third kappa shape index (κ3) is 4.40. The predicted octanol–water partition coefficient (Wildman–Crippen LogP) is 1.59. The fourth-order valence-electron chi connectivity index (χ4n) is 2.86. The first-order valence-electron chi connectivity index (χ1n) is 8.71. The SMILES string of the molecule is COc1cc(/C=N\NC(=O)CN2C(=O)COc3ccccc32)cc(OC)c1OC. The fourth-order valence-corrected chi connectivity index (χ4v) is 2.86. The second kappa shape index (κ2) is 8.96. The molecule has 152 valence electrons. The highest BCUT2D eigenvalue weighted by Crippen LogP contribution is 2.37. The number of anilines is 1. The number of ether oxygens (including phenoxy) is 4. The van der Waals surface area contributed by atoms with Gasteiger partial charge in [-0.15, -0.1) is 0 Å². The molecule has 0 bridgehead atoms. The summed E-state index contributed by atoms with van der Waals surface area (Å²) in [6.45, 7) is -0.287. The molecule has 0 spiro atoms. The quantitative estimate of drug-likeness (QED) is 0.561. The summed E-state index contributed by atoms with van der Waals surface area (Å²) in [5, 5.41) is 3.95. The van der Waals surface area contributed by atoms with E-state index in [4.69, 9.17) is 18.9 Å². The van der Waals surface area contributed by atoms with Crippen LogP contribution >= 0.6 is 0 Å². The van der Waals surface area contributed by atoms with Crippen LogP contribution in [0.15, 0.2) is 41.5 Å². The maximum absolute atomic E-state index is 12.3. The van der Waals surface area contributed by atoms with Gasteiger partial charge in [-0.3, -0.25) is 14.5 Å². The van der Waals surface area contributed by atoms with Gasteiger partial charge >= 0.3 is 0 Å². The number of rotatable bonds is 7. The van der Waals surface area contributed by atoms with Crippen LogP contribution in [0.2, 0.25) is 0 Å². The van der Waals surface area contributed by atoms with E-state index < -0.39 is 5.91 Å². The van der Waals surface area contributed by atoms with Gasteiger partial charge < -0.3 is 18.9 Å². The van der Waals surface area contributed by atoms with Crippen LogP contribution in [-0.4, -0.2) is 52.5 Å². The van der Waals surface area contributed by atoms with Crippen molar-refractivity contribution in [3.63, 3.8) is 0 Å². The summed E-state index contributed by atoms with van der Waals surface area (Å²) in [6, 6.07) is 10.4. The largest absolute Gasteiger partial charge is 0.493 e. The first-order valence-corrected chi connectivity index (χ1v) is 8.71. The molecule has 9 nitrogen and oxygen atoms in total. The number of nitrogens with zero attached hydrogens (tertiary/aromatic N) is 2. The number of carbonyl (C=O) groups is 2. The van der Waals surface area contributed by atoms with Crippen molar-refractivity contribution in [3.05, 3.63) is 42.0 Å². The molecule has 1 aliphatic rings. The van der Waals surface area contributed by atoms with E-state index in [1.807, 2.05) is 0 Å². The van der Waals surface area contributed by atoms with Gasteiger partial charge in [-0.05, 0) is 24.3 Å². The van der Waals surface area contributed by atoms with Crippen molar-refractivity contribution in [1.29, 1.82) is 0 Å². The minimum Gasteiger partial charge on any atom is -0.493 e. The number of hydrazone groups is 1. The summed E-state index contributed by atoms with van der Waals surface area (Å²) < 4.78 is 21.2. The molecule has 0 radical (unpaired) electrons. The number of benzene rings is 2. The van der Waals surface area contributed by atoms with E-state index in [1.165, 1.54) is 32.4 Å². The van der Waals surface area contributed by atoms with Crippen LogP contribution in [-0.2, 0) is 9.59 Å². The maximum Gasteiger partial charge on any atom is 0.265 e. The molecule has 2 amide bonds. The summed E-state index contributed by atoms with van der Waals surface area (Å²) in [7, 11) is 4.54. The molecule has 0 aliphatic carbocycles. The van der Waals surface area contributed by atoms with Crippen LogP contribution in [0.3, 0.4) is 0 Å². The highest BCUT2D eigenvalue weighted by atomic mass is 16.5. The molecular weight excluding hydrogens is 378 g/mol. The number of carbonyl (C=O) groups excluding carboxylic acids is 2. The third-order valence-corrected chi connectivity index (χ3v) is 4.20. The number of hydrogen-bond acceptors (Lipinski definition) is 7. The highest BCUT2D eigenvalue weighted by molar-refractivity contribution is 6.02. The minimum atomic E-state index is -0.446. The second-order valence-electron chi connectivity index (χ2n) is 5.99. The molecule has 0 unspecified atom stereocenters. The number of amides is 2. The summed E-state index contributed by atoms with van der Waals surface area (Å²) in [6.07, 6.45) is 1.44. The fraction of sp³-hybridized carbons (Fsp3) is 0.250. The number of para-hydroxylation sites is 2. The van der Waals surface area contributed by atoms with Gasteiger partial charge in [0.1, 0.15) is 12.3 Å². The molecule has 9 heteroatoms. The Balaban J connectivity index is 1.68. The number of hydrogen-bond donors (Lipinski definition) is 1. The van der Waals surface area contributed by atoms with Gasteiger partial charge in [-0.25, -0.2) is 5.43 Å². The summed E-state index contributed by atoms with van der Waals surface area (Å²) in [5.74, 6) is 1.21. The van der Waals surface area contributed by atoms with E-state index >= 15 is 0 Å².